The number of nitrogens with one attached hydrogen (secondary N) is 1. The van der Waals surface area contributed by atoms with E-state index in [4.69, 9.17) is 27.9 Å². The number of carbonyl (C=O) groups excluding carboxylic acids is 1. The lowest BCUT2D eigenvalue weighted by molar-refractivity contribution is 0.0693. The molecule has 154 valence electrons. The molecule has 2 aromatic carbocycles. The van der Waals surface area contributed by atoms with E-state index in [-0.39, 0.29) is 32.8 Å². The fraction of sp³-hybridized carbons (Fsp3) is 0.0952. The average Bonchev–Trinajstić information content (AvgIpc) is 2.71. The molecular formula is C21H15Cl2FN2O4. The van der Waals surface area contributed by atoms with Crippen molar-refractivity contribution in [2.24, 2.45) is 0 Å². The van der Waals surface area contributed by atoms with Crippen LogP contribution in [0.2, 0.25) is 10.0 Å². The Hall–Kier alpha value is -3.16. The summed E-state index contributed by atoms with van der Waals surface area (Å²) in [5.41, 5.74) is 0.462. The van der Waals surface area contributed by atoms with Crippen LogP contribution in [0.5, 0.6) is 11.6 Å². The van der Waals surface area contributed by atoms with Crippen LogP contribution in [0.1, 0.15) is 39.2 Å². The number of ether oxygens (including phenoxy) is 1. The van der Waals surface area contributed by atoms with E-state index in [0.29, 0.717) is 5.56 Å². The van der Waals surface area contributed by atoms with Gasteiger partial charge in [0.15, 0.2) is 5.75 Å². The first-order valence-electron chi connectivity index (χ1n) is 8.67. The van der Waals surface area contributed by atoms with E-state index < -0.39 is 23.7 Å². The predicted molar refractivity (Wildman–Crippen MR) is 110 cm³/mol. The maximum absolute atomic E-state index is 13.5. The van der Waals surface area contributed by atoms with Crippen molar-refractivity contribution in [3.63, 3.8) is 0 Å². The second-order valence-electron chi connectivity index (χ2n) is 6.27. The van der Waals surface area contributed by atoms with E-state index in [1.165, 1.54) is 30.5 Å². The highest BCUT2D eigenvalue weighted by atomic mass is 35.5. The highest BCUT2D eigenvalue weighted by Gasteiger charge is 2.21. The van der Waals surface area contributed by atoms with Gasteiger partial charge in [-0.15, -0.1) is 0 Å². The summed E-state index contributed by atoms with van der Waals surface area (Å²) in [6.45, 7) is 1.64. The Morgan fingerprint density at radius 3 is 2.60 bits per heavy atom. The molecule has 0 saturated carbocycles. The number of benzene rings is 2. The van der Waals surface area contributed by atoms with E-state index in [2.05, 4.69) is 10.3 Å². The summed E-state index contributed by atoms with van der Waals surface area (Å²) in [6, 6.07) is 10.6. The van der Waals surface area contributed by atoms with Gasteiger partial charge in [-0.25, -0.2) is 14.2 Å². The van der Waals surface area contributed by atoms with Gasteiger partial charge in [-0.1, -0.05) is 41.4 Å². The minimum absolute atomic E-state index is 0.0233. The van der Waals surface area contributed by atoms with Gasteiger partial charge in [0, 0.05) is 12.3 Å². The number of carbonyl (C=O) groups is 2. The van der Waals surface area contributed by atoms with Gasteiger partial charge in [0.2, 0.25) is 5.88 Å². The molecule has 0 saturated heterocycles. The molecule has 1 heterocycles. The standard InChI is InChI=1S/C21H15Cl2FN2O4/c1-11(14-4-2-3-5-15(14)21(28)29)26-19(27)16-8-12(22)10-25-20(16)30-18-9-13(24)6-7-17(18)23/h2-11H,1H3,(H,26,27)(H,28,29)/t11-/m0/s1. The SMILES string of the molecule is C[C@H](NC(=O)c1cc(Cl)cnc1Oc1cc(F)ccc1Cl)c1ccccc1C(=O)O. The predicted octanol–water partition coefficient (Wildman–Crippen LogP) is 5.51. The fourth-order valence-electron chi connectivity index (χ4n) is 2.75. The number of nitrogens with zero attached hydrogens (tertiary/aromatic N) is 1. The second kappa shape index (κ2) is 9.11. The van der Waals surface area contributed by atoms with E-state index in [9.17, 15) is 19.1 Å². The molecule has 0 aliphatic carbocycles. The molecule has 1 amide bonds. The monoisotopic (exact) mass is 448 g/mol. The lowest BCUT2D eigenvalue weighted by atomic mass is 10.0. The molecule has 1 atom stereocenters. The maximum atomic E-state index is 13.5. The Morgan fingerprint density at radius 2 is 1.87 bits per heavy atom. The van der Waals surface area contributed by atoms with Crippen LogP contribution in [0.4, 0.5) is 4.39 Å². The third-order valence-electron chi connectivity index (χ3n) is 4.17. The first-order valence-corrected chi connectivity index (χ1v) is 9.43. The van der Waals surface area contributed by atoms with Crippen molar-refractivity contribution in [2.75, 3.05) is 0 Å². The summed E-state index contributed by atoms with van der Waals surface area (Å²) < 4.78 is 19.1. The van der Waals surface area contributed by atoms with Crippen molar-refractivity contribution in [1.82, 2.24) is 10.3 Å². The minimum atomic E-state index is -1.11. The van der Waals surface area contributed by atoms with Gasteiger partial charge >= 0.3 is 5.97 Å². The lowest BCUT2D eigenvalue weighted by Crippen LogP contribution is -2.28. The number of hydrogen-bond acceptors (Lipinski definition) is 4. The molecule has 0 aliphatic rings. The van der Waals surface area contributed by atoms with E-state index in [1.807, 2.05) is 0 Å². The molecule has 0 bridgehead atoms. The Kier molecular flexibility index (Phi) is 6.54. The van der Waals surface area contributed by atoms with E-state index >= 15 is 0 Å². The largest absolute Gasteiger partial charge is 0.478 e. The van der Waals surface area contributed by atoms with E-state index in [1.54, 1.807) is 25.1 Å². The molecular weight excluding hydrogens is 434 g/mol. The number of hydrogen-bond donors (Lipinski definition) is 2. The summed E-state index contributed by atoms with van der Waals surface area (Å²) in [5.74, 6) is -2.46. The van der Waals surface area contributed by atoms with Crippen LogP contribution < -0.4 is 10.1 Å². The molecule has 0 fully saturated rings. The van der Waals surface area contributed by atoms with Crippen molar-refractivity contribution >= 4 is 35.1 Å². The normalized spacial score (nSPS) is 11.6. The zero-order valence-electron chi connectivity index (χ0n) is 15.5. The minimum Gasteiger partial charge on any atom is -0.478 e. The highest BCUT2D eigenvalue weighted by molar-refractivity contribution is 6.32. The second-order valence-corrected chi connectivity index (χ2v) is 7.11. The number of amides is 1. The van der Waals surface area contributed by atoms with Gasteiger partial charge in [-0.2, -0.15) is 0 Å². The van der Waals surface area contributed by atoms with Crippen molar-refractivity contribution < 1.29 is 23.8 Å². The number of carboxylic acid groups (broad SMARTS) is 1. The number of halogens is 3. The molecule has 0 spiro atoms. The smallest absolute Gasteiger partial charge is 0.336 e. The Labute approximate surface area is 181 Å². The van der Waals surface area contributed by atoms with Crippen LogP contribution in [0.15, 0.2) is 54.7 Å². The molecule has 1 aromatic heterocycles. The zero-order valence-corrected chi connectivity index (χ0v) is 17.0. The number of rotatable bonds is 6. The lowest BCUT2D eigenvalue weighted by Gasteiger charge is -2.18. The summed E-state index contributed by atoms with van der Waals surface area (Å²) >= 11 is 12.0. The molecule has 2 N–H and O–H groups in total. The topological polar surface area (TPSA) is 88.5 Å². The van der Waals surface area contributed by atoms with Gasteiger partial charge in [-0.3, -0.25) is 4.79 Å². The van der Waals surface area contributed by atoms with Crippen LogP contribution >= 0.6 is 23.2 Å². The molecule has 0 unspecified atom stereocenters. The summed E-state index contributed by atoms with van der Waals surface area (Å²) in [6.07, 6.45) is 1.27. The van der Waals surface area contributed by atoms with Gasteiger partial charge in [0.1, 0.15) is 11.4 Å². The molecule has 0 radical (unpaired) electrons. The van der Waals surface area contributed by atoms with E-state index in [0.717, 1.165) is 6.07 Å². The van der Waals surface area contributed by atoms with Crippen molar-refractivity contribution in [2.45, 2.75) is 13.0 Å². The van der Waals surface area contributed by atoms with Crippen LogP contribution in [-0.4, -0.2) is 22.0 Å². The summed E-state index contributed by atoms with van der Waals surface area (Å²) in [5, 5.41) is 12.4. The van der Waals surface area contributed by atoms with Gasteiger partial charge < -0.3 is 15.2 Å². The first-order chi connectivity index (χ1) is 14.3. The van der Waals surface area contributed by atoms with Crippen molar-refractivity contribution in [3.8, 4) is 11.6 Å². The van der Waals surface area contributed by atoms with Gasteiger partial charge in [0.25, 0.3) is 5.91 Å². The van der Waals surface area contributed by atoms with Crippen molar-refractivity contribution in [3.05, 3.63) is 87.3 Å². The summed E-state index contributed by atoms with van der Waals surface area (Å²) in [4.78, 5) is 28.3. The Balaban J connectivity index is 1.90. The molecule has 3 rings (SSSR count). The Morgan fingerprint density at radius 1 is 1.13 bits per heavy atom. The number of pyridine rings is 1. The quantitative estimate of drug-likeness (QED) is 0.518. The van der Waals surface area contributed by atoms with Gasteiger partial charge in [-0.05, 0) is 36.8 Å². The van der Waals surface area contributed by atoms with Gasteiger partial charge in [0.05, 0.1) is 21.7 Å². The Bertz CT molecular complexity index is 1120. The summed E-state index contributed by atoms with van der Waals surface area (Å²) in [7, 11) is 0. The molecule has 3 aromatic rings. The van der Waals surface area contributed by atoms with Crippen LogP contribution in [0.25, 0.3) is 0 Å². The third-order valence-corrected chi connectivity index (χ3v) is 4.69. The van der Waals surface area contributed by atoms with Crippen LogP contribution in [-0.2, 0) is 0 Å². The van der Waals surface area contributed by atoms with Crippen LogP contribution in [0, 0.1) is 5.82 Å². The number of carboxylic acids is 1. The molecule has 30 heavy (non-hydrogen) atoms. The number of aromatic nitrogens is 1. The maximum Gasteiger partial charge on any atom is 0.336 e. The fourth-order valence-corrected chi connectivity index (χ4v) is 3.07. The highest BCUT2D eigenvalue weighted by Crippen LogP contribution is 2.32. The first kappa shape index (κ1) is 21.5. The van der Waals surface area contributed by atoms with Crippen molar-refractivity contribution in [1.29, 1.82) is 0 Å². The molecule has 0 aliphatic heterocycles. The third kappa shape index (κ3) is 4.87. The molecule has 9 heteroatoms. The number of aromatic carboxylic acids is 1. The average molecular weight is 449 g/mol. The zero-order chi connectivity index (χ0) is 21.8. The molecule has 6 nitrogen and oxygen atoms in total. The van der Waals surface area contributed by atoms with Crippen LogP contribution in [0.3, 0.4) is 0 Å².